The lowest BCUT2D eigenvalue weighted by molar-refractivity contribution is -0.124. The monoisotopic (exact) mass is 718 g/mol. The van der Waals surface area contributed by atoms with Crippen LogP contribution in [0.4, 0.5) is 0 Å². The van der Waals surface area contributed by atoms with E-state index in [2.05, 4.69) is 55.6 Å². The van der Waals surface area contributed by atoms with Crippen molar-refractivity contribution in [3.8, 4) is 0 Å². The highest BCUT2D eigenvalue weighted by Gasteiger charge is 2.26. The summed E-state index contributed by atoms with van der Waals surface area (Å²) in [6, 6.07) is -0.836. The molecular formula is C46H87NO4. The molecule has 0 saturated carbocycles. The van der Waals surface area contributed by atoms with E-state index in [1.54, 1.807) is 0 Å². The van der Waals surface area contributed by atoms with Crippen molar-refractivity contribution in [2.24, 2.45) is 0 Å². The number of unbranched alkanes of at least 4 members (excludes halogenated alkanes) is 26. The Labute approximate surface area is 317 Å². The molecule has 0 aliphatic heterocycles. The Kier molecular flexibility index (Phi) is 40.2. The van der Waals surface area contributed by atoms with E-state index in [1.807, 2.05) is 0 Å². The van der Waals surface area contributed by atoms with E-state index in [0.717, 1.165) is 51.4 Å². The Hall–Kier alpha value is -1.43. The first-order chi connectivity index (χ1) is 25.1. The van der Waals surface area contributed by atoms with Gasteiger partial charge in [0, 0.05) is 6.42 Å². The van der Waals surface area contributed by atoms with Gasteiger partial charge in [0.15, 0.2) is 0 Å². The van der Waals surface area contributed by atoms with Crippen LogP contribution in [0.25, 0.3) is 0 Å². The van der Waals surface area contributed by atoms with Gasteiger partial charge < -0.3 is 20.6 Å². The molecule has 0 spiro atoms. The summed E-state index contributed by atoms with van der Waals surface area (Å²) in [5.41, 5.74) is 0. The van der Waals surface area contributed by atoms with Gasteiger partial charge in [0.05, 0.1) is 18.8 Å². The highest BCUT2D eigenvalue weighted by Crippen LogP contribution is 2.14. The van der Waals surface area contributed by atoms with Crippen molar-refractivity contribution in [3.05, 3.63) is 36.5 Å². The van der Waals surface area contributed by atoms with E-state index >= 15 is 0 Å². The van der Waals surface area contributed by atoms with Crippen molar-refractivity contribution in [1.29, 1.82) is 0 Å². The van der Waals surface area contributed by atoms with Gasteiger partial charge >= 0.3 is 0 Å². The Balaban J connectivity index is 3.71. The van der Waals surface area contributed by atoms with Crippen molar-refractivity contribution in [1.82, 2.24) is 5.32 Å². The molecule has 0 rings (SSSR count). The summed E-state index contributed by atoms with van der Waals surface area (Å²) in [6.07, 6.45) is 51.1. The normalized spacial score (nSPS) is 13.9. The highest BCUT2D eigenvalue weighted by molar-refractivity contribution is 5.76. The van der Waals surface area contributed by atoms with E-state index in [-0.39, 0.29) is 12.5 Å². The number of allylic oxidation sites excluding steroid dienone is 6. The minimum atomic E-state index is -1.17. The second kappa shape index (κ2) is 41.3. The van der Waals surface area contributed by atoms with Gasteiger partial charge in [0.1, 0.15) is 6.10 Å². The molecule has 0 aromatic carbocycles. The van der Waals surface area contributed by atoms with Crippen LogP contribution in [-0.2, 0) is 4.79 Å². The Bertz CT molecular complexity index is 794. The molecule has 4 N–H and O–H groups in total. The van der Waals surface area contributed by atoms with Crippen molar-refractivity contribution in [3.63, 3.8) is 0 Å². The van der Waals surface area contributed by atoms with Gasteiger partial charge in [0.25, 0.3) is 0 Å². The predicted octanol–water partition coefficient (Wildman–Crippen LogP) is 12.8. The van der Waals surface area contributed by atoms with E-state index in [9.17, 15) is 20.1 Å². The van der Waals surface area contributed by atoms with Gasteiger partial charge in [-0.15, -0.1) is 0 Å². The third-order valence-corrected chi connectivity index (χ3v) is 10.2. The average Bonchev–Trinajstić information content (AvgIpc) is 3.13. The molecule has 0 aliphatic rings. The fraction of sp³-hybridized carbons (Fsp3) is 0.848. The fourth-order valence-electron chi connectivity index (χ4n) is 6.70. The summed E-state index contributed by atoms with van der Waals surface area (Å²) >= 11 is 0. The minimum Gasteiger partial charge on any atom is -0.394 e. The quantitative estimate of drug-likeness (QED) is 0.0375. The molecule has 1 amide bonds. The van der Waals surface area contributed by atoms with E-state index < -0.39 is 18.2 Å². The van der Waals surface area contributed by atoms with Gasteiger partial charge in [-0.05, 0) is 77.0 Å². The van der Waals surface area contributed by atoms with Crippen LogP contribution >= 0.6 is 0 Å². The van der Waals surface area contributed by atoms with Crippen LogP contribution in [-0.4, -0.2) is 46.1 Å². The molecule has 300 valence electrons. The molecule has 3 atom stereocenters. The maximum Gasteiger partial charge on any atom is 0.220 e. The highest BCUT2D eigenvalue weighted by atomic mass is 16.3. The zero-order valence-electron chi connectivity index (χ0n) is 34.0. The second-order valence-electron chi connectivity index (χ2n) is 15.2. The van der Waals surface area contributed by atoms with Crippen LogP contribution in [0.3, 0.4) is 0 Å². The van der Waals surface area contributed by atoms with Crippen LogP contribution < -0.4 is 5.32 Å². The Morgan fingerprint density at radius 2 is 0.804 bits per heavy atom. The number of aliphatic hydroxyl groups is 3. The first-order valence-electron chi connectivity index (χ1n) is 22.3. The minimum absolute atomic E-state index is 0.167. The molecule has 0 aromatic rings. The van der Waals surface area contributed by atoms with E-state index in [4.69, 9.17) is 0 Å². The van der Waals surface area contributed by atoms with Crippen molar-refractivity contribution >= 4 is 5.91 Å². The number of carbonyl (C=O) groups is 1. The third kappa shape index (κ3) is 36.7. The SMILES string of the molecule is CCCCCCCCC/C=C\CCCCCCCC(=O)NC(CO)C(O)C(O)CCC/C=C/CC/C=C/CCCCCCCCCCCCCC. The molecule has 5 heteroatoms. The van der Waals surface area contributed by atoms with Gasteiger partial charge in [-0.1, -0.05) is 179 Å². The molecule has 3 unspecified atom stereocenters. The standard InChI is InChI=1S/C46H87NO4/c1-3-5-7-9-11-13-15-17-19-21-22-23-24-25-26-28-30-32-34-36-38-40-44(49)46(51)43(42-48)47-45(50)41-39-37-35-33-31-29-27-20-18-16-14-12-10-8-6-4-2/h20,25-27,32,34,43-44,46,48-49,51H,3-19,21-24,28-31,33,35-42H2,1-2H3,(H,47,50)/b26-25+,27-20-,34-32+. The summed E-state index contributed by atoms with van der Waals surface area (Å²) in [5, 5.41) is 33.5. The number of rotatable bonds is 40. The third-order valence-electron chi connectivity index (χ3n) is 10.2. The number of amides is 1. The van der Waals surface area contributed by atoms with Crippen LogP contribution in [0.15, 0.2) is 36.5 Å². The van der Waals surface area contributed by atoms with Gasteiger partial charge in [-0.25, -0.2) is 0 Å². The van der Waals surface area contributed by atoms with Crippen molar-refractivity contribution < 1.29 is 20.1 Å². The second-order valence-corrected chi connectivity index (χ2v) is 15.2. The molecule has 0 radical (unpaired) electrons. The molecule has 0 saturated heterocycles. The largest absolute Gasteiger partial charge is 0.394 e. The molecule has 0 aliphatic carbocycles. The van der Waals surface area contributed by atoms with E-state index in [0.29, 0.717) is 12.8 Å². The van der Waals surface area contributed by atoms with Gasteiger partial charge in [-0.2, -0.15) is 0 Å². The topological polar surface area (TPSA) is 89.8 Å². The maximum atomic E-state index is 12.4. The predicted molar refractivity (Wildman–Crippen MR) is 222 cm³/mol. The smallest absolute Gasteiger partial charge is 0.220 e. The molecule has 0 aromatic heterocycles. The summed E-state index contributed by atoms with van der Waals surface area (Å²) < 4.78 is 0. The number of aliphatic hydroxyl groups excluding tert-OH is 3. The van der Waals surface area contributed by atoms with Crippen molar-refractivity contribution in [2.75, 3.05) is 6.61 Å². The zero-order chi connectivity index (χ0) is 37.3. The lowest BCUT2D eigenvalue weighted by atomic mass is 10.0. The zero-order valence-corrected chi connectivity index (χ0v) is 34.0. The van der Waals surface area contributed by atoms with Crippen LogP contribution in [0, 0.1) is 0 Å². The van der Waals surface area contributed by atoms with Crippen LogP contribution in [0.2, 0.25) is 0 Å². The van der Waals surface area contributed by atoms with Crippen LogP contribution in [0.1, 0.15) is 226 Å². The molecule has 5 nitrogen and oxygen atoms in total. The summed E-state index contributed by atoms with van der Waals surface area (Å²) in [7, 11) is 0. The molecule has 0 fully saturated rings. The molecule has 51 heavy (non-hydrogen) atoms. The first-order valence-corrected chi connectivity index (χ1v) is 22.3. The number of hydrogen-bond acceptors (Lipinski definition) is 4. The number of carbonyl (C=O) groups excluding carboxylic acids is 1. The van der Waals surface area contributed by atoms with E-state index in [1.165, 1.54) is 148 Å². The lowest BCUT2D eigenvalue weighted by Crippen LogP contribution is -2.50. The summed E-state index contributed by atoms with van der Waals surface area (Å²) in [5.74, 6) is -0.167. The number of hydrogen-bond donors (Lipinski definition) is 4. The first kappa shape index (κ1) is 49.6. The summed E-state index contributed by atoms with van der Waals surface area (Å²) in [4.78, 5) is 12.4. The average molecular weight is 718 g/mol. The summed E-state index contributed by atoms with van der Waals surface area (Å²) in [6.45, 7) is 4.16. The van der Waals surface area contributed by atoms with Crippen molar-refractivity contribution in [2.45, 2.75) is 244 Å². The maximum absolute atomic E-state index is 12.4. The van der Waals surface area contributed by atoms with Gasteiger partial charge in [-0.3, -0.25) is 4.79 Å². The Morgan fingerprint density at radius 1 is 0.471 bits per heavy atom. The van der Waals surface area contributed by atoms with Crippen LogP contribution in [0.5, 0.6) is 0 Å². The fourth-order valence-corrected chi connectivity index (χ4v) is 6.70. The molecule has 0 bridgehead atoms. The van der Waals surface area contributed by atoms with Gasteiger partial charge in [0.2, 0.25) is 5.91 Å². The molecule has 0 heterocycles. The Morgan fingerprint density at radius 3 is 1.20 bits per heavy atom. The molecular weight excluding hydrogens is 631 g/mol. The number of nitrogens with one attached hydrogen (secondary N) is 1. The lowest BCUT2D eigenvalue weighted by Gasteiger charge is -2.26.